The molecule has 3 rings (SSSR count). The van der Waals surface area contributed by atoms with Gasteiger partial charge in [0.05, 0.1) is 0 Å². The summed E-state index contributed by atoms with van der Waals surface area (Å²) in [6.45, 7) is 2.09. The predicted molar refractivity (Wildman–Crippen MR) is 70.3 cm³/mol. The van der Waals surface area contributed by atoms with Gasteiger partial charge in [0.2, 0.25) is 0 Å². The molecule has 1 aliphatic heterocycles. The summed E-state index contributed by atoms with van der Waals surface area (Å²) < 4.78 is 5.90. The van der Waals surface area contributed by atoms with Crippen molar-refractivity contribution in [3.8, 4) is 0 Å². The van der Waals surface area contributed by atoms with Crippen LogP contribution >= 0.6 is 0 Å². The summed E-state index contributed by atoms with van der Waals surface area (Å²) in [7, 11) is 0. The normalized spacial score (nSPS) is 20.1. The molecule has 84 valence electrons. The minimum atomic E-state index is 0.154. The monoisotopic (exact) mass is 222 g/mol. The van der Waals surface area contributed by atoms with E-state index in [1.807, 2.05) is 18.2 Å². The minimum Gasteiger partial charge on any atom is -0.485 e. The van der Waals surface area contributed by atoms with Crippen molar-refractivity contribution in [2.24, 2.45) is 0 Å². The van der Waals surface area contributed by atoms with Crippen LogP contribution < -0.4 is 0 Å². The Kier molecular flexibility index (Phi) is 2.45. The van der Waals surface area contributed by atoms with Crippen molar-refractivity contribution in [3.63, 3.8) is 0 Å². The summed E-state index contributed by atoms with van der Waals surface area (Å²) in [6.07, 6.45) is 2.25. The first-order valence-electron chi connectivity index (χ1n) is 5.87. The van der Waals surface area contributed by atoms with E-state index in [9.17, 15) is 0 Å². The van der Waals surface area contributed by atoms with Crippen LogP contribution in [0.1, 0.15) is 29.7 Å². The average molecular weight is 222 g/mol. The molecule has 0 saturated heterocycles. The number of hydrogen-bond donors (Lipinski definition) is 0. The minimum absolute atomic E-state index is 0.154. The van der Waals surface area contributed by atoms with E-state index in [-0.39, 0.29) is 6.10 Å². The molecule has 2 aromatic carbocycles. The zero-order chi connectivity index (χ0) is 11.7. The van der Waals surface area contributed by atoms with Crippen LogP contribution in [0.2, 0.25) is 0 Å². The second kappa shape index (κ2) is 4.10. The molecule has 0 bridgehead atoms. The maximum atomic E-state index is 5.90. The predicted octanol–water partition coefficient (Wildman–Crippen LogP) is 4.28. The lowest BCUT2D eigenvalue weighted by atomic mass is 10.0. The molecule has 2 aromatic rings. The molecule has 1 unspecified atom stereocenters. The highest BCUT2D eigenvalue weighted by Crippen LogP contribution is 2.38. The fraction of sp³-hybridized carbons (Fsp3) is 0.125. The summed E-state index contributed by atoms with van der Waals surface area (Å²) in [6, 6.07) is 18.6. The third-order valence-electron chi connectivity index (χ3n) is 3.07. The van der Waals surface area contributed by atoms with Gasteiger partial charge in [-0.3, -0.25) is 0 Å². The van der Waals surface area contributed by atoms with Crippen LogP contribution in [0.5, 0.6) is 0 Å². The molecule has 0 amide bonds. The highest BCUT2D eigenvalue weighted by molar-refractivity contribution is 5.81. The SMILES string of the molecule is CC1O/C(=C\c2ccccc2)c2ccccc21. The van der Waals surface area contributed by atoms with Gasteiger partial charge in [-0.25, -0.2) is 0 Å². The van der Waals surface area contributed by atoms with Crippen LogP contribution in [0.15, 0.2) is 54.6 Å². The van der Waals surface area contributed by atoms with Crippen LogP contribution in [0.4, 0.5) is 0 Å². The van der Waals surface area contributed by atoms with Crippen molar-refractivity contribution >= 4 is 11.8 Å². The van der Waals surface area contributed by atoms with E-state index >= 15 is 0 Å². The van der Waals surface area contributed by atoms with Crippen LogP contribution in [-0.2, 0) is 4.74 Å². The lowest BCUT2D eigenvalue weighted by Crippen LogP contribution is -1.86. The molecule has 17 heavy (non-hydrogen) atoms. The van der Waals surface area contributed by atoms with Crippen LogP contribution in [-0.4, -0.2) is 0 Å². The summed E-state index contributed by atoms with van der Waals surface area (Å²) in [4.78, 5) is 0. The highest BCUT2D eigenvalue weighted by atomic mass is 16.5. The molecule has 0 spiro atoms. The molecule has 1 nitrogen and oxygen atoms in total. The Morgan fingerprint density at radius 1 is 0.941 bits per heavy atom. The number of rotatable bonds is 1. The quantitative estimate of drug-likeness (QED) is 0.700. The smallest absolute Gasteiger partial charge is 0.128 e. The molecule has 0 fully saturated rings. The highest BCUT2D eigenvalue weighted by Gasteiger charge is 2.23. The van der Waals surface area contributed by atoms with Gasteiger partial charge in [0, 0.05) is 11.1 Å². The van der Waals surface area contributed by atoms with Crippen LogP contribution in [0, 0.1) is 0 Å². The van der Waals surface area contributed by atoms with E-state index in [4.69, 9.17) is 4.74 Å². The Morgan fingerprint density at radius 2 is 1.65 bits per heavy atom. The maximum absolute atomic E-state index is 5.90. The van der Waals surface area contributed by atoms with Crippen LogP contribution in [0.25, 0.3) is 11.8 Å². The van der Waals surface area contributed by atoms with E-state index in [0.717, 1.165) is 5.76 Å². The molecule has 1 aliphatic rings. The number of benzene rings is 2. The average Bonchev–Trinajstić information content (AvgIpc) is 2.69. The van der Waals surface area contributed by atoms with E-state index in [0.29, 0.717) is 0 Å². The van der Waals surface area contributed by atoms with Crippen molar-refractivity contribution in [2.75, 3.05) is 0 Å². The molecule has 0 saturated carbocycles. The number of hydrogen-bond acceptors (Lipinski definition) is 1. The summed E-state index contributed by atoms with van der Waals surface area (Å²) in [5.41, 5.74) is 3.66. The zero-order valence-electron chi connectivity index (χ0n) is 9.76. The van der Waals surface area contributed by atoms with Crippen molar-refractivity contribution in [3.05, 3.63) is 71.3 Å². The van der Waals surface area contributed by atoms with Gasteiger partial charge < -0.3 is 4.74 Å². The first kappa shape index (κ1) is 10.2. The number of ether oxygens (including phenoxy) is 1. The zero-order valence-corrected chi connectivity index (χ0v) is 9.76. The summed E-state index contributed by atoms with van der Waals surface area (Å²) in [5, 5.41) is 0. The fourth-order valence-corrected chi connectivity index (χ4v) is 2.21. The molecule has 1 heterocycles. The summed E-state index contributed by atoms with van der Waals surface area (Å²) >= 11 is 0. The Labute approximate surface area is 101 Å². The fourth-order valence-electron chi connectivity index (χ4n) is 2.21. The van der Waals surface area contributed by atoms with Crippen LogP contribution in [0.3, 0.4) is 0 Å². The largest absolute Gasteiger partial charge is 0.485 e. The topological polar surface area (TPSA) is 9.23 Å². The van der Waals surface area contributed by atoms with Gasteiger partial charge in [-0.05, 0) is 18.6 Å². The van der Waals surface area contributed by atoms with E-state index < -0.39 is 0 Å². The first-order chi connectivity index (χ1) is 8.34. The van der Waals surface area contributed by atoms with E-state index in [1.165, 1.54) is 16.7 Å². The Balaban J connectivity index is 2.05. The third kappa shape index (κ3) is 1.84. The molecule has 0 radical (unpaired) electrons. The first-order valence-corrected chi connectivity index (χ1v) is 5.87. The second-order valence-corrected chi connectivity index (χ2v) is 4.27. The third-order valence-corrected chi connectivity index (χ3v) is 3.07. The lowest BCUT2D eigenvalue weighted by Gasteiger charge is -2.04. The molecule has 0 aliphatic carbocycles. The Hall–Kier alpha value is -2.02. The Morgan fingerprint density at radius 3 is 2.47 bits per heavy atom. The van der Waals surface area contributed by atoms with Gasteiger partial charge in [-0.15, -0.1) is 0 Å². The van der Waals surface area contributed by atoms with Crippen molar-refractivity contribution in [1.82, 2.24) is 0 Å². The maximum Gasteiger partial charge on any atom is 0.128 e. The van der Waals surface area contributed by atoms with Crippen molar-refractivity contribution in [2.45, 2.75) is 13.0 Å². The van der Waals surface area contributed by atoms with Gasteiger partial charge in [-0.1, -0.05) is 54.6 Å². The van der Waals surface area contributed by atoms with Crippen molar-refractivity contribution < 1.29 is 4.74 Å². The van der Waals surface area contributed by atoms with Gasteiger partial charge in [0.1, 0.15) is 11.9 Å². The standard InChI is InChI=1S/C16H14O/c1-12-14-9-5-6-10-15(14)16(17-12)11-13-7-3-2-4-8-13/h2-12H,1H3/b16-11-. The van der Waals surface area contributed by atoms with E-state index in [2.05, 4.69) is 49.4 Å². The molecule has 1 atom stereocenters. The van der Waals surface area contributed by atoms with Crippen molar-refractivity contribution in [1.29, 1.82) is 0 Å². The number of fused-ring (bicyclic) bond motifs is 1. The molecular formula is C16H14O. The van der Waals surface area contributed by atoms with Gasteiger partial charge in [0.25, 0.3) is 0 Å². The van der Waals surface area contributed by atoms with Gasteiger partial charge in [-0.2, -0.15) is 0 Å². The Bertz CT molecular complexity index is 555. The summed E-state index contributed by atoms with van der Waals surface area (Å²) in [5.74, 6) is 0.972. The second-order valence-electron chi connectivity index (χ2n) is 4.27. The molecular weight excluding hydrogens is 208 g/mol. The molecule has 0 aromatic heterocycles. The molecule has 1 heteroatoms. The lowest BCUT2D eigenvalue weighted by molar-refractivity contribution is 0.210. The molecule has 0 N–H and O–H groups in total. The van der Waals surface area contributed by atoms with Gasteiger partial charge >= 0.3 is 0 Å². The van der Waals surface area contributed by atoms with E-state index in [1.54, 1.807) is 0 Å². The van der Waals surface area contributed by atoms with Gasteiger partial charge in [0.15, 0.2) is 0 Å².